The number of furan rings is 1. The first-order chi connectivity index (χ1) is 13.6. The molecule has 0 aliphatic rings. The lowest BCUT2D eigenvalue weighted by atomic mass is 10.3. The molecule has 10 heteroatoms. The third-order valence-electron chi connectivity index (χ3n) is 3.62. The Labute approximate surface area is 172 Å². The van der Waals surface area contributed by atoms with E-state index in [0.29, 0.717) is 34.6 Å². The van der Waals surface area contributed by atoms with Crippen LogP contribution in [-0.4, -0.2) is 21.8 Å². The van der Waals surface area contributed by atoms with Crippen molar-refractivity contribution in [2.45, 2.75) is 13.5 Å². The summed E-state index contributed by atoms with van der Waals surface area (Å²) in [4.78, 5) is 33.2. The number of nitrogens with one attached hydrogen (secondary N) is 2. The molecule has 0 aromatic carbocycles. The molecule has 0 saturated heterocycles. The third kappa shape index (κ3) is 4.19. The minimum absolute atomic E-state index is 0.124. The lowest BCUT2D eigenvalue weighted by molar-refractivity contribution is -0.119. The number of carbonyl (C=O) groups excluding carboxylic acids is 2. The Hall–Kier alpha value is -2.82. The Kier molecular flexibility index (Phi) is 5.33. The summed E-state index contributed by atoms with van der Waals surface area (Å²) < 4.78 is 5.67. The first-order valence-electron chi connectivity index (χ1n) is 8.18. The van der Waals surface area contributed by atoms with Gasteiger partial charge in [-0.1, -0.05) is 6.07 Å². The maximum atomic E-state index is 12.4. The van der Waals surface area contributed by atoms with Gasteiger partial charge in [-0.05, 0) is 23.6 Å². The van der Waals surface area contributed by atoms with Crippen molar-refractivity contribution in [2.75, 3.05) is 5.32 Å². The monoisotopic (exact) mass is 430 g/mol. The van der Waals surface area contributed by atoms with Gasteiger partial charge in [0.25, 0.3) is 5.91 Å². The van der Waals surface area contributed by atoms with Gasteiger partial charge in [0, 0.05) is 17.7 Å². The van der Waals surface area contributed by atoms with E-state index in [2.05, 4.69) is 20.6 Å². The van der Waals surface area contributed by atoms with Gasteiger partial charge >= 0.3 is 0 Å². The minimum Gasteiger partial charge on any atom is -0.458 e. The van der Waals surface area contributed by atoms with Gasteiger partial charge in [0.1, 0.15) is 22.2 Å². The fourth-order valence-corrected chi connectivity index (χ4v) is 4.63. The van der Waals surface area contributed by atoms with Crippen molar-refractivity contribution in [3.63, 3.8) is 0 Å². The van der Waals surface area contributed by atoms with Crippen molar-refractivity contribution < 1.29 is 14.0 Å². The van der Waals surface area contributed by atoms with Gasteiger partial charge in [-0.15, -0.1) is 34.0 Å². The minimum atomic E-state index is -0.300. The zero-order valence-electron chi connectivity index (χ0n) is 14.6. The predicted molar refractivity (Wildman–Crippen MR) is 111 cm³/mol. The van der Waals surface area contributed by atoms with Gasteiger partial charge in [0.05, 0.1) is 11.4 Å². The lowest BCUT2D eigenvalue weighted by Gasteiger charge is -1.98. The van der Waals surface area contributed by atoms with E-state index in [4.69, 9.17) is 4.42 Å². The fourth-order valence-electron chi connectivity index (χ4n) is 2.32. The highest BCUT2D eigenvalue weighted by molar-refractivity contribution is 7.20. The van der Waals surface area contributed by atoms with E-state index in [0.717, 1.165) is 9.88 Å². The normalized spacial score (nSPS) is 10.8. The summed E-state index contributed by atoms with van der Waals surface area (Å²) in [6.07, 6.45) is 0. The van der Waals surface area contributed by atoms with Crippen LogP contribution < -0.4 is 10.6 Å². The van der Waals surface area contributed by atoms with E-state index in [9.17, 15) is 9.59 Å². The second-order valence-corrected chi connectivity index (χ2v) is 8.35. The van der Waals surface area contributed by atoms with E-state index < -0.39 is 0 Å². The number of aromatic nitrogens is 2. The molecule has 142 valence electrons. The first kappa shape index (κ1) is 18.5. The fraction of sp³-hybridized carbons (Fsp3) is 0.111. The quantitative estimate of drug-likeness (QED) is 0.470. The molecule has 4 heterocycles. The molecule has 28 heavy (non-hydrogen) atoms. The van der Waals surface area contributed by atoms with Gasteiger partial charge in [-0.2, -0.15) is 0 Å². The Balaban J connectivity index is 1.42. The van der Waals surface area contributed by atoms with E-state index in [1.165, 1.54) is 29.6 Å². The molecule has 0 unspecified atom stereocenters. The van der Waals surface area contributed by atoms with Crippen LogP contribution in [0.4, 0.5) is 5.13 Å². The van der Waals surface area contributed by atoms with E-state index in [1.807, 2.05) is 17.5 Å². The number of carbonyl (C=O) groups is 2. The number of rotatable bonds is 6. The smallest absolute Gasteiger partial charge is 0.276 e. The van der Waals surface area contributed by atoms with Gasteiger partial charge < -0.3 is 9.73 Å². The highest BCUT2D eigenvalue weighted by Crippen LogP contribution is 2.29. The van der Waals surface area contributed by atoms with Gasteiger partial charge in [0.2, 0.25) is 5.91 Å². The number of hydrogen-bond acceptors (Lipinski definition) is 8. The zero-order valence-corrected chi connectivity index (χ0v) is 17.0. The zero-order chi connectivity index (χ0) is 19.5. The molecule has 4 aromatic rings. The van der Waals surface area contributed by atoms with Crippen LogP contribution in [0.2, 0.25) is 0 Å². The molecule has 0 bridgehead atoms. The summed E-state index contributed by atoms with van der Waals surface area (Å²) in [7, 11) is 0. The molecule has 0 radical (unpaired) electrons. The van der Waals surface area contributed by atoms with Crippen molar-refractivity contribution >= 4 is 51.0 Å². The molecule has 4 aromatic heterocycles. The molecule has 0 aliphatic carbocycles. The number of nitrogens with zero attached hydrogens (tertiary/aromatic N) is 2. The van der Waals surface area contributed by atoms with Crippen LogP contribution in [0.3, 0.4) is 0 Å². The van der Waals surface area contributed by atoms with Crippen LogP contribution in [0.25, 0.3) is 21.3 Å². The van der Waals surface area contributed by atoms with Crippen molar-refractivity contribution in [2.24, 2.45) is 0 Å². The second-order valence-electron chi connectivity index (χ2n) is 5.68. The molecule has 0 aliphatic heterocycles. The average molecular weight is 431 g/mol. The maximum absolute atomic E-state index is 12.4. The molecule has 7 nitrogen and oxygen atoms in total. The third-order valence-corrected chi connectivity index (χ3v) is 6.26. The van der Waals surface area contributed by atoms with Crippen LogP contribution in [-0.2, 0) is 11.3 Å². The van der Waals surface area contributed by atoms with Crippen molar-refractivity contribution in [1.82, 2.24) is 15.3 Å². The summed E-state index contributed by atoms with van der Waals surface area (Å²) in [6, 6.07) is 7.49. The largest absolute Gasteiger partial charge is 0.458 e. The van der Waals surface area contributed by atoms with Crippen molar-refractivity contribution in [1.29, 1.82) is 0 Å². The molecule has 0 fully saturated rings. The number of thiophene rings is 1. The van der Waals surface area contributed by atoms with Crippen molar-refractivity contribution in [3.05, 3.63) is 51.9 Å². The highest BCUT2D eigenvalue weighted by atomic mass is 32.1. The lowest BCUT2D eigenvalue weighted by Crippen LogP contribution is -2.18. The van der Waals surface area contributed by atoms with Gasteiger partial charge in [0.15, 0.2) is 10.9 Å². The summed E-state index contributed by atoms with van der Waals surface area (Å²) in [6.45, 7) is 1.77. The predicted octanol–water partition coefficient (Wildman–Crippen LogP) is 4.48. The number of thiazole rings is 2. The van der Waals surface area contributed by atoms with E-state index >= 15 is 0 Å². The van der Waals surface area contributed by atoms with Crippen LogP contribution in [0.15, 0.2) is 44.8 Å². The highest BCUT2D eigenvalue weighted by Gasteiger charge is 2.15. The van der Waals surface area contributed by atoms with Crippen LogP contribution in [0.1, 0.15) is 23.2 Å². The topological polar surface area (TPSA) is 97.1 Å². The summed E-state index contributed by atoms with van der Waals surface area (Å²) in [5.41, 5.74) is 0.979. The van der Waals surface area contributed by atoms with Crippen LogP contribution in [0.5, 0.6) is 0 Å². The second kappa shape index (κ2) is 8.05. The first-order valence-corrected chi connectivity index (χ1v) is 10.8. The summed E-state index contributed by atoms with van der Waals surface area (Å²) in [5, 5.41) is 12.2. The molecule has 2 N–H and O–H groups in total. The SMILES string of the molecule is CC(=O)NCc1ccc(-c2csc(NC(=O)c3csc(-c4cccs4)n3)n2)o1. The van der Waals surface area contributed by atoms with Crippen LogP contribution >= 0.6 is 34.0 Å². The summed E-state index contributed by atoms with van der Waals surface area (Å²) in [5.74, 6) is 0.782. The average Bonchev–Trinajstić information content (AvgIpc) is 3.46. The molecule has 0 saturated carbocycles. The number of hydrogen-bond donors (Lipinski definition) is 2. The molecular formula is C18H14N4O3S3. The molecule has 0 spiro atoms. The molecule has 0 atom stereocenters. The van der Waals surface area contributed by atoms with Gasteiger partial charge in [-0.3, -0.25) is 14.9 Å². The van der Waals surface area contributed by atoms with Crippen LogP contribution in [0, 0.1) is 0 Å². The Morgan fingerprint density at radius 1 is 1.11 bits per heavy atom. The Bertz CT molecular complexity index is 1110. The van der Waals surface area contributed by atoms with Crippen molar-refractivity contribution in [3.8, 4) is 21.3 Å². The Morgan fingerprint density at radius 3 is 2.79 bits per heavy atom. The maximum Gasteiger partial charge on any atom is 0.276 e. The van der Waals surface area contributed by atoms with E-state index in [1.54, 1.807) is 34.2 Å². The molecule has 2 amide bonds. The standard InChI is InChI=1S/C18H14N4O3S3/c1-10(23)19-7-11-4-5-14(25-11)12-8-28-18(21-12)22-16(24)13-9-27-17(20-13)15-3-2-6-26-15/h2-6,8-9H,7H2,1H3,(H,19,23)(H,21,22,24). The summed E-state index contributed by atoms with van der Waals surface area (Å²) >= 11 is 4.32. The molecular weight excluding hydrogens is 416 g/mol. The van der Waals surface area contributed by atoms with Gasteiger partial charge in [-0.25, -0.2) is 9.97 Å². The number of amides is 2. The molecule has 4 rings (SSSR count). The Morgan fingerprint density at radius 2 is 2.00 bits per heavy atom. The van der Waals surface area contributed by atoms with E-state index in [-0.39, 0.29) is 11.8 Å². The number of anilines is 1.